The van der Waals surface area contributed by atoms with Gasteiger partial charge in [0, 0.05) is 32.1 Å². The van der Waals surface area contributed by atoms with Crippen molar-refractivity contribution in [3.8, 4) is 5.75 Å². The van der Waals surface area contributed by atoms with Crippen LogP contribution < -0.4 is 4.74 Å². The summed E-state index contributed by atoms with van der Waals surface area (Å²) in [5.41, 5.74) is 3.25. The van der Waals surface area contributed by atoms with E-state index in [4.69, 9.17) is 9.72 Å². The predicted molar refractivity (Wildman–Crippen MR) is 97.8 cm³/mol. The largest absolute Gasteiger partial charge is 0.492 e. The topological polar surface area (TPSA) is 50.5 Å². The molecular weight excluding hydrogens is 314 g/mol. The molecule has 1 atom stereocenters. The SMILES string of the molecule is Cn1c(CCN2CCOc3ccccc3C2CO)nc2ccccc21. The quantitative estimate of drug-likeness (QED) is 0.795. The van der Waals surface area contributed by atoms with Crippen molar-refractivity contribution in [3.63, 3.8) is 0 Å². The van der Waals surface area contributed by atoms with Crippen molar-refractivity contribution in [2.45, 2.75) is 12.5 Å². The smallest absolute Gasteiger partial charge is 0.124 e. The fraction of sp³-hybridized carbons (Fsp3) is 0.350. The number of nitrogens with zero attached hydrogens (tertiary/aromatic N) is 3. The second-order valence-electron chi connectivity index (χ2n) is 6.45. The molecule has 2 aromatic carbocycles. The van der Waals surface area contributed by atoms with Gasteiger partial charge in [-0.1, -0.05) is 30.3 Å². The molecule has 1 unspecified atom stereocenters. The highest BCUT2D eigenvalue weighted by Crippen LogP contribution is 2.31. The minimum atomic E-state index is -0.0339. The standard InChI is InChI=1S/C20H23N3O2/c1-22-17-8-4-3-7-16(17)21-20(22)10-11-23-12-13-25-19-9-5-2-6-15(19)18(23)14-24/h2-9,18,24H,10-14H2,1H3. The summed E-state index contributed by atoms with van der Waals surface area (Å²) < 4.78 is 8.02. The van der Waals surface area contributed by atoms with E-state index in [1.807, 2.05) is 42.5 Å². The van der Waals surface area contributed by atoms with Crippen LogP contribution in [0.15, 0.2) is 48.5 Å². The lowest BCUT2D eigenvalue weighted by atomic mass is 10.0. The number of benzene rings is 2. The number of aryl methyl sites for hydroxylation is 1. The van der Waals surface area contributed by atoms with Gasteiger partial charge < -0.3 is 14.4 Å². The molecule has 0 saturated heterocycles. The van der Waals surface area contributed by atoms with Crippen molar-refractivity contribution in [1.29, 1.82) is 0 Å². The molecule has 1 aliphatic rings. The Hall–Kier alpha value is -2.37. The molecule has 0 radical (unpaired) electrons. The van der Waals surface area contributed by atoms with E-state index in [1.165, 1.54) is 0 Å². The lowest BCUT2D eigenvalue weighted by Gasteiger charge is -2.28. The summed E-state index contributed by atoms with van der Waals surface area (Å²) in [5, 5.41) is 9.98. The molecular formula is C20H23N3O2. The average Bonchev–Trinajstić information content (AvgIpc) is 2.85. The number of aromatic nitrogens is 2. The normalized spacial score (nSPS) is 17.9. The lowest BCUT2D eigenvalue weighted by molar-refractivity contribution is 0.121. The van der Waals surface area contributed by atoms with Crippen LogP contribution in [0.4, 0.5) is 0 Å². The zero-order valence-corrected chi connectivity index (χ0v) is 14.4. The molecule has 0 spiro atoms. The summed E-state index contributed by atoms with van der Waals surface area (Å²) >= 11 is 0. The number of imidazole rings is 1. The number of aliphatic hydroxyl groups is 1. The molecule has 0 aliphatic carbocycles. The third-order valence-electron chi connectivity index (χ3n) is 5.03. The Balaban J connectivity index is 1.56. The number of hydrogen-bond acceptors (Lipinski definition) is 4. The molecule has 5 heteroatoms. The molecule has 3 aromatic rings. The van der Waals surface area contributed by atoms with E-state index in [-0.39, 0.29) is 12.6 Å². The Labute approximate surface area is 147 Å². The van der Waals surface area contributed by atoms with Gasteiger partial charge in [0.15, 0.2) is 0 Å². The molecule has 1 N–H and O–H groups in total. The predicted octanol–water partition coefficient (Wildman–Crippen LogP) is 2.54. The Kier molecular flexibility index (Phi) is 4.42. The van der Waals surface area contributed by atoms with Gasteiger partial charge >= 0.3 is 0 Å². The number of hydrogen-bond donors (Lipinski definition) is 1. The summed E-state index contributed by atoms with van der Waals surface area (Å²) in [4.78, 5) is 7.05. The van der Waals surface area contributed by atoms with Gasteiger partial charge in [0.2, 0.25) is 0 Å². The molecule has 0 saturated carbocycles. The van der Waals surface area contributed by atoms with Crippen LogP contribution in [0.5, 0.6) is 5.75 Å². The molecule has 4 rings (SSSR count). The van der Waals surface area contributed by atoms with E-state index < -0.39 is 0 Å². The highest BCUT2D eigenvalue weighted by Gasteiger charge is 2.26. The zero-order chi connectivity index (χ0) is 17.2. The first-order chi connectivity index (χ1) is 12.3. The Morgan fingerprint density at radius 2 is 1.96 bits per heavy atom. The maximum atomic E-state index is 9.98. The van der Waals surface area contributed by atoms with Crippen LogP contribution in [0.2, 0.25) is 0 Å². The molecule has 1 aromatic heterocycles. The minimum absolute atomic E-state index is 0.0339. The maximum Gasteiger partial charge on any atom is 0.124 e. The molecule has 0 fully saturated rings. The fourth-order valence-corrected chi connectivity index (χ4v) is 3.66. The van der Waals surface area contributed by atoms with Gasteiger partial charge in [0.1, 0.15) is 18.2 Å². The summed E-state index contributed by atoms with van der Waals surface area (Å²) in [6.07, 6.45) is 0.837. The molecule has 2 heterocycles. The first kappa shape index (κ1) is 16.1. The first-order valence-corrected chi connectivity index (χ1v) is 8.75. The van der Waals surface area contributed by atoms with Crippen LogP contribution in [0.25, 0.3) is 11.0 Å². The van der Waals surface area contributed by atoms with Crippen molar-refractivity contribution in [3.05, 3.63) is 59.9 Å². The molecule has 0 amide bonds. The summed E-state index contributed by atoms with van der Waals surface area (Å²) in [7, 11) is 2.06. The van der Waals surface area contributed by atoms with Gasteiger partial charge in [-0.2, -0.15) is 0 Å². The second-order valence-corrected chi connectivity index (χ2v) is 6.45. The maximum absolute atomic E-state index is 9.98. The summed E-state index contributed by atoms with van der Waals surface area (Å²) in [5.74, 6) is 1.95. The van der Waals surface area contributed by atoms with Crippen molar-refractivity contribution < 1.29 is 9.84 Å². The fourth-order valence-electron chi connectivity index (χ4n) is 3.66. The van der Waals surface area contributed by atoms with Gasteiger partial charge in [-0.05, 0) is 18.2 Å². The third kappa shape index (κ3) is 3.01. The van der Waals surface area contributed by atoms with E-state index >= 15 is 0 Å². The van der Waals surface area contributed by atoms with E-state index in [0.717, 1.165) is 47.7 Å². The minimum Gasteiger partial charge on any atom is -0.492 e. The molecule has 0 bridgehead atoms. The monoisotopic (exact) mass is 337 g/mol. The first-order valence-electron chi connectivity index (χ1n) is 8.75. The second kappa shape index (κ2) is 6.86. The van der Waals surface area contributed by atoms with Gasteiger partial charge in [-0.25, -0.2) is 4.98 Å². The van der Waals surface area contributed by atoms with E-state index in [0.29, 0.717) is 6.61 Å². The van der Waals surface area contributed by atoms with Gasteiger partial charge in [0.05, 0.1) is 23.7 Å². The van der Waals surface area contributed by atoms with Gasteiger partial charge in [0.25, 0.3) is 0 Å². The van der Waals surface area contributed by atoms with Crippen molar-refractivity contribution >= 4 is 11.0 Å². The van der Waals surface area contributed by atoms with E-state index in [2.05, 4.69) is 22.6 Å². The highest BCUT2D eigenvalue weighted by atomic mass is 16.5. The van der Waals surface area contributed by atoms with Crippen LogP contribution in [0, 0.1) is 0 Å². The summed E-state index contributed by atoms with van der Waals surface area (Å²) in [6, 6.07) is 16.2. The number of ether oxygens (including phenoxy) is 1. The van der Waals surface area contributed by atoms with E-state index in [9.17, 15) is 5.11 Å². The van der Waals surface area contributed by atoms with Gasteiger partial charge in [-0.15, -0.1) is 0 Å². The Morgan fingerprint density at radius 3 is 2.80 bits per heavy atom. The van der Waals surface area contributed by atoms with Crippen LogP contribution in [-0.4, -0.2) is 45.9 Å². The lowest BCUT2D eigenvalue weighted by Crippen LogP contribution is -2.34. The highest BCUT2D eigenvalue weighted by molar-refractivity contribution is 5.75. The average molecular weight is 337 g/mol. The van der Waals surface area contributed by atoms with E-state index in [1.54, 1.807) is 0 Å². The number of rotatable bonds is 4. The number of para-hydroxylation sites is 3. The molecule has 1 aliphatic heterocycles. The zero-order valence-electron chi connectivity index (χ0n) is 14.4. The van der Waals surface area contributed by atoms with Gasteiger partial charge in [-0.3, -0.25) is 4.90 Å². The van der Waals surface area contributed by atoms with Crippen molar-refractivity contribution in [2.75, 3.05) is 26.3 Å². The van der Waals surface area contributed by atoms with Crippen LogP contribution in [0.3, 0.4) is 0 Å². The van der Waals surface area contributed by atoms with Crippen LogP contribution in [-0.2, 0) is 13.5 Å². The Bertz CT molecular complexity index is 874. The van der Waals surface area contributed by atoms with Crippen molar-refractivity contribution in [2.24, 2.45) is 7.05 Å². The molecule has 130 valence electrons. The van der Waals surface area contributed by atoms with Crippen LogP contribution >= 0.6 is 0 Å². The van der Waals surface area contributed by atoms with Crippen LogP contribution in [0.1, 0.15) is 17.4 Å². The van der Waals surface area contributed by atoms with Crippen molar-refractivity contribution in [1.82, 2.24) is 14.5 Å². The Morgan fingerprint density at radius 1 is 1.16 bits per heavy atom. The molecule has 25 heavy (non-hydrogen) atoms. The number of fused-ring (bicyclic) bond motifs is 2. The summed E-state index contributed by atoms with van der Waals surface area (Å²) in [6.45, 7) is 2.35. The molecule has 5 nitrogen and oxygen atoms in total. The third-order valence-corrected chi connectivity index (χ3v) is 5.03. The number of aliphatic hydroxyl groups excluding tert-OH is 1.